The highest BCUT2D eigenvalue weighted by Crippen LogP contribution is 2.19. The molecule has 1 amide bonds. The molecule has 0 aliphatic carbocycles. The number of rotatable bonds is 3. The van der Waals surface area contributed by atoms with E-state index < -0.39 is 0 Å². The van der Waals surface area contributed by atoms with Gasteiger partial charge < -0.3 is 10.0 Å². The molecule has 92 valence electrons. The molecule has 0 spiro atoms. The fourth-order valence-corrected chi connectivity index (χ4v) is 2.34. The number of aliphatic hydroxyl groups is 1. The highest BCUT2D eigenvalue weighted by molar-refractivity contribution is 5.94. The Bertz CT molecular complexity index is 386. The van der Waals surface area contributed by atoms with Gasteiger partial charge in [-0.05, 0) is 37.0 Å². The summed E-state index contributed by atoms with van der Waals surface area (Å²) >= 11 is 0. The first-order valence-electron chi connectivity index (χ1n) is 6.27. The summed E-state index contributed by atoms with van der Waals surface area (Å²) in [4.78, 5) is 14.0. The maximum Gasteiger partial charge on any atom is 0.254 e. The summed E-state index contributed by atoms with van der Waals surface area (Å²) in [5.74, 6) is 0.0456. The second-order valence-corrected chi connectivity index (χ2v) is 4.53. The molecule has 1 saturated heterocycles. The molecule has 0 saturated carbocycles. The zero-order valence-electron chi connectivity index (χ0n) is 10.2. The lowest BCUT2D eigenvalue weighted by Crippen LogP contribution is -2.37. The van der Waals surface area contributed by atoms with Crippen molar-refractivity contribution in [3.63, 3.8) is 0 Å². The van der Waals surface area contributed by atoms with Crippen LogP contribution in [0, 0.1) is 0 Å². The van der Waals surface area contributed by atoms with E-state index in [4.69, 9.17) is 0 Å². The largest absolute Gasteiger partial charge is 0.394 e. The van der Waals surface area contributed by atoms with Crippen LogP contribution in [0.3, 0.4) is 0 Å². The standard InChI is InChI=1S/C14H19NO2/c1-2-11-5-7-12(8-6-11)14(17)15-9-3-4-13(15)10-16/h5-8,13,16H,2-4,9-10H2,1H3. The molecule has 0 radical (unpaired) electrons. The van der Waals surface area contributed by atoms with Crippen molar-refractivity contribution in [2.45, 2.75) is 32.2 Å². The molecule has 3 nitrogen and oxygen atoms in total. The molecule has 17 heavy (non-hydrogen) atoms. The van der Waals surface area contributed by atoms with Gasteiger partial charge >= 0.3 is 0 Å². The summed E-state index contributed by atoms with van der Waals surface area (Å²) in [5, 5.41) is 9.22. The van der Waals surface area contributed by atoms with Crippen molar-refractivity contribution >= 4 is 5.91 Å². The third-order valence-electron chi connectivity index (χ3n) is 3.46. The fourth-order valence-electron chi connectivity index (χ4n) is 2.34. The Morgan fingerprint density at radius 1 is 1.41 bits per heavy atom. The molecule has 1 aromatic carbocycles. The van der Waals surface area contributed by atoms with Gasteiger partial charge in [-0.2, -0.15) is 0 Å². The Kier molecular flexibility index (Phi) is 3.79. The minimum absolute atomic E-state index is 0.00773. The van der Waals surface area contributed by atoms with Gasteiger partial charge in [-0.25, -0.2) is 0 Å². The van der Waals surface area contributed by atoms with E-state index in [1.54, 1.807) is 4.90 Å². The third-order valence-corrected chi connectivity index (χ3v) is 3.46. The summed E-state index contributed by atoms with van der Waals surface area (Å²) in [6.45, 7) is 2.93. The SMILES string of the molecule is CCc1ccc(C(=O)N2CCCC2CO)cc1. The number of hydrogen-bond donors (Lipinski definition) is 1. The van der Waals surface area contributed by atoms with Crippen LogP contribution in [0.5, 0.6) is 0 Å². The van der Waals surface area contributed by atoms with Crippen molar-refractivity contribution in [3.05, 3.63) is 35.4 Å². The Balaban J connectivity index is 2.13. The van der Waals surface area contributed by atoms with Crippen molar-refractivity contribution in [2.24, 2.45) is 0 Å². The maximum absolute atomic E-state index is 12.2. The number of aryl methyl sites for hydroxylation is 1. The number of benzene rings is 1. The monoisotopic (exact) mass is 233 g/mol. The number of carbonyl (C=O) groups is 1. The molecule has 1 unspecified atom stereocenters. The van der Waals surface area contributed by atoms with E-state index >= 15 is 0 Å². The number of aliphatic hydroxyl groups excluding tert-OH is 1. The normalized spacial score (nSPS) is 19.6. The molecular weight excluding hydrogens is 214 g/mol. The Labute approximate surface area is 102 Å². The predicted molar refractivity (Wildman–Crippen MR) is 67.0 cm³/mol. The topological polar surface area (TPSA) is 40.5 Å². The molecule has 1 aliphatic heterocycles. The quantitative estimate of drug-likeness (QED) is 0.865. The van der Waals surface area contributed by atoms with Crippen LogP contribution in [0.4, 0.5) is 0 Å². The molecule has 1 aliphatic rings. The van der Waals surface area contributed by atoms with Crippen molar-refractivity contribution in [3.8, 4) is 0 Å². The minimum atomic E-state index is 0.00773. The lowest BCUT2D eigenvalue weighted by Gasteiger charge is -2.23. The van der Waals surface area contributed by atoms with E-state index in [0.29, 0.717) is 0 Å². The van der Waals surface area contributed by atoms with Crippen LogP contribution in [0.15, 0.2) is 24.3 Å². The highest BCUT2D eigenvalue weighted by atomic mass is 16.3. The van der Waals surface area contributed by atoms with Gasteiger partial charge in [-0.15, -0.1) is 0 Å². The first-order valence-corrected chi connectivity index (χ1v) is 6.27. The second kappa shape index (κ2) is 5.32. The fraction of sp³-hybridized carbons (Fsp3) is 0.500. The van der Waals surface area contributed by atoms with Crippen molar-refractivity contribution < 1.29 is 9.90 Å². The van der Waals surface area contributed by atoms with Gasteiger partial charge in [0.2, 0.25) is 0 Å². The molecule has 0 bridgehead atoms. The number of nitrogens with zero attached hydrogens (tertiary/aromatic N) is 1. The number of amides is 1. The van der Waals surface area contributed by atoms with Crippen LogP contribution in [-0.4, -0.2) is 35.1 Å². The van der Waals surface area contributed by atoms with E-state index in [0.717, 1.165) is 31.4 Å². The lowest BCUT2D eigenvalue weighted by molar-refractivity contribution is 0.0677. The smallest absolute Gasteiger partial charge is 0.254 e. The number of likely N-dealkylation sites (tertiary alicyclic amines) is 1. The average molecular weight is 233 g/mol. The van der Waals surface area contributed by atoms with Gasteiger partial charge in [0.1, 0.15) is 0 Å². The van der Waals surface area contributed by atoms with E-state index in [2.05, 4.69) is 6.92 Å². The summed E-state index contributed by atoms with van der Waals surface area (Å²) < 4.78 is 0. The van der Waals surface area contributed by atoms with Crippen molar-refractivity contribution in [2.75, 3.05) is 13.2 Å². The molecule has 2 rings (SSSR count). The summed E-state index contributed by atoms with van der Waals surface area (Å²) in [7, 11) is 0. The van der Waals surface area contributed by atoms with Crippen LogP contribution in [0.25, 0.3) is 0 Å². The number of carbonyl (C=O) groups excluding carboxylic acids is 1. The van der Waals surface area contributed by atoms with E-state index in [1.165, 1.54) is 5.56 Å². The van der Waals surface area contributed by atoms with E-state index in [9.17, 15) is 9.90 Å². The molecular formula is C14H19NO2. The lowest BCUT2D eigenvalue weighted by atomic mass is 10.1. The minimum Gasteiger partial charge on any atom is -0.394 e. The first kappa shape index (κ1) is 12.1. The highest BCUT2D eigenvalue weighted by Gasteiger charge is 2.28. The molecule has 1 heterocycles. The first-order chi connectivity index (χ1) is 8.26. The van der Waals surface area contributed by atoms with Gasteiger partial charge in [-0.1, -0.05) is 19.1 Å². The van der Waals surface area contributed by atoms with Gasteiger partial charge in [-0.3, -0.25) is 4.79 Å². The summed E-state index contributed by atoms with van der Waals surface area (Å²) in [6.07, 6.45) is 2.89. The Hall–Kier alpha value is -1.35. The number of hydrogen-bond acceptors (Lipinski definition) is 2. The van der Waals surface area contributed by atoms with E-state index in [-0.39, 0.29) is 18.6 Å². The predicted octanol–water partition coefficient (Wildman–Crippen LogP) is 1.85. The zero-order valence-corrected chi connectivity index (χ0v) is 10.2. The van der Waals surface area contributed by atoms with Crippen molar-refractivity contribution in [1.29, 1.82) is 0 Å². The van der Waals surface area contributed by atoms with Crippen LogP contribution >= 0.6 is 0 Å². The maximum atomic E-state index is 12.2. The second-order valence-electron chi connectivity index (χ2n) is 4.53. The molecule has 1 N–H and O–H groups in total. The molecule has 1 aromatic rings. The molecule has 0 aromatic heterocycles. The van der Waals surface area contributed by atoms with Gasteiger partial charge in [0.05, 0.1) is 12.6 Å². The van der Waals surface area contributed by atoms with Crippen molar-refractivity contribution in [1.82, 2.24) is 4.90 Å². The third kappa shape index (κ3) is 2.50. The van der Waals surface area contributed by atoms with Gasteiger partial charge in [0, 0.05) is 12.1 Å². The Morgan fingerprint density at radius 3 is 2.71 bits per heavy atom. The van der Waals surface area contributed by atoms with E-state index in [1.807, 2.05) is 24.3 Å². The van der Waals surface area contributed by atoms with Crippen LogP contribution in [0.2, 0.25) is 0 Å². The molecule has 1 fully saturated rings. The Morgan fingerprint density at radius 2 is 2.12 bits per heavy atom. The average Bonchev–Trinajstić information content (AvgIpc) is 2.86. The summed E-state index contributed by atoms with van der Waals surface area (Å²) in [5.41, 5.74) is 1.96. The van der Waals surface area contributed by atoms with Crippen LogP contribution < -0.4 is 0 Å². The zero-order chi connectivity index (χ0) is 12.3. The summed E-state index contributed by atoms with van der Waals surface area (Å²) in [6, 6.07) is 7.77. The van der Waals surface area contributed by atoms with Gasteiger partial charge in [0.15, 0.2) is 0 Å². The van der Waals surface area contributed by atoms with Gasteiger partial charge in [0.25, 0.3) is 5.91 Å². The molecule has 1 atom stereocenters. The van der Waals surface area contributed by atoms with Crippen LogP contribution in [0.1, 0.15) is 35.7 Å². The van der Waals surface area contributed by atoms with Crippen LogP contribution in [-0.2, 0) is 6.42 Å². The molecule has 3 heteroatoms.